The van der Waals surface area contributed by atoms with E-state index in [1.807, 2.05) is 18.2 Å². The molecule has 1 nitrogen and oxygen atoms in total. The molecule has 1 aromatic carbocycles. The summed E-state index contributed by atoms with van der Waals surface area (Å²) >= 11 is 5.88. The number of Topliss-reactive ketones (excluding diaryl/α,β-unsaturated/α-hetero) is 1. The monoisotopic (exact) mass is 220 g/mol. The van der Waals surface area contributed by atoms with Crippen LogP contribution in [0.15, 0.2) is 24.3 Å². The Bertz CT molecular complexity index is 403. The summed E-state index contributed by atoms with van der Waals surface area (Å²) in [6.45, 7) is 0. The van der Waals surface area contributed by atoms with E-state index in [1.54, 1.807) is 6.07 Å². The minimum atomic E-state index is 0.312. The van der Waals surface area contributed by atoms with Gasteiger partial charge in [0, 0.05) is 16.5 Å². The van der Waals surface area contributed by atoms with Gasteiger partial charge in [-0.25, -0.2) is 0 Å². The summed E-state index contributed by atoms with van der Waals surface area (Å²) in [4.78, 5) is 12.1. The van der Waals surface area contributed by atoms with Gasteiger partial charge in [-0.2, -0.15) is 0 Å². The molecule has 2 unspecified atom stereocenters. The van der Waals surface area contributed by atoms with Gasteiger partial charge in [-0.15, -0.1) is 0 Å². The third-order valence-electron chi connectivity index (χ3n) is 3.82. The molecule has 15 heavy (non-hydrogen) atoms. The lowest BCUT2D eigenvalue weighted by atomic mass is 10.0. The fourth-order valence-corrected chi connectivity index (χ4v) is 3.23. The lowest BCUT2D eigenvalue weighted by Gasteiger charge is -2.03. The Morgan fingerprint density at radius 2 is 2.00 bits per heavy atom. The Labute approximate surface area is 94.4 Å². The van der Waals surface area contributed by atoms with Crippen LogP contribution in [0.3, 0.4) is 0 Å². The molecule has 0 heterocycles. The van der Waals surface area contributed by atoms with Gasteiger partial charge in [0.05, 0.1) is 0 Å². The van der Waals surface area contributed by atoms with E-state index in [-0.39, 0.29) is 0 Å². The predicted molar refractivity (Wildman–Crippen MR) is 60.1 cm³/mol. The lowest BCUT2D eigenvalue weighted by Crippen LogP contribution is -2.05. The van der Waals surface area contributed by atoms with Gasteiger partial charge in [-0.3, -0.25) is 4.79 Å². The minimum Gasteiger partial charge on any atom is -0.294 e. The Hall–Kier alpha value is -0.820. The molecule has 2 saturated carbocycles. The van der Waals surface area contributed by atoms with Crippen LogP contribution in [0.2, 0.25) is 5.02 Å². The summed E-state index contributed by atoms with van der Waals surface area (Å²) in [7, 11) is 0. The zero-order chi connectivity index (χ0) is 10.4. The van der Waals surface area contributed by atoms with Crippen molar-refractivity contribution in [3.8, 4) is 0 Å². The molecular formula is C13H13ClO. The van der Waals surface area contributed by atoms with Crippen molar-refractivity contribution in [1.82, 2.24) is 0 Å². The van der Waals surface area contributed by atoms with Crippen molar-refractivity contribution in [2.45, 2.75) is 19.3 Å². The van der Waals surface area contributed by atoms with Crippen molar-refractivity contribution in [3.05, 3.63) is 34.9 Å². The van der Waals surface area contributed by atoms with Crippen LogP contribution in [-0.2, 0) is 0 Å². The van der Waals surface area contributed by atoms with Crippen molar-refractivity contribution in [1.29, 1.82) is 0 Å². The SMILES string of the molecule is O=C(c1cccc(Cl)c1)C1C2CCCC21. The van der Waals surface area contributed by atoms with Crippen LogP contribution in [0.25, 0.3) is 0 Å². The van der Waals surface area contributed by atoms with Crippen molar-refractivity contribution in [2.75, 3.05) is 0 Å². The molecule has 0 spiro atoms. The van der Waals surface area contributed by atoms with E-state index in [0.29, 0.717) is 28.6 Å². The van der Waals surface area contributed by atoms with Gasteiger partial charge in [-0.1, -0.05) is 30.2 Å². The Morgan fingerprint density at radius 1 is 1.27 bits per heavy atom. The van der Waals surface area contributed by atoms with E-state index in [1.165, 1.54) is 19.3 Å². The van der Waals surface area contributed by atoms with E-state index in [0.717, 1.165) is 5.56 Å². The van der Waals surface area contributed by atoms with Crippen LogP contribution >= 0.6 is 11.6 Å². The van der Waals surface area contributed by atoms with Crippen molar-refractivity contribution >= 4 is 17.4 Å². The number of ketones is 1. The maximum Gasteiger partial charge on any atom is 0.166 e. The van der Waals surface area contributed by atoms with E-state index in [9.17, 15) is 4.79 Å². The number of hydrogen-bond donors (Lipinski definition) is 0. The number of fused-ring (bicyclic) bond motifs is 1. The highest BCUT2D eigenvalue weighted by Gasteiger charge is 2.56. The Kier molecular flexibility index (Phi) is 2.10. The molecule has 0 amide bonds. The summed E-state index contributed by atoms with van der Waals surface area (Å²) in [6, 6.07) is 7.33. The molecule has 0 radical (unpaired) electrons. The van der Waals surface area contributed by atoms with Crippen LogP contribution in [0.4, 0.5) is 0 Å². The maximum absolute atomic E-state index is 12.1. The molecule has 3 rings (SSSR count). The number of carbonyl (C=O) groups is 1. The quantitative estimate of drug-likeness (QED) is 0.697. The van der Waals surface area contributed by atoms with Gasteiger partial charge < -0.3 is 0 Å². The van der Waals surface area contributed by atoms with Crippen LogP contribution in [0.1, 0.15) is 29.6 Å². The first kappa shape index (κ1) is 9.41. The molecule has 0 N–H and O–H groups in total. The zero-order valence-electron chi connectivity index (χ0n) is 8.45. The fraction of sp³-hybridized carbons (Fsp3) is 0.462. The first-order valence-electron chi connectivity index (χ1n) is 5.57. The van der Waals surface area contributed by atoms with Gasteiger partial charge in [0.2, 0.25) is 0 Å². The Balaban J connectivity index is 1.81. The van der Waals surface area contributed by atoms with Gasteiger partial charge in [0.25, 0.3) is 0 Å². The molecular weight excluding hydrogens is 208 g/mol. The van der Waals surface area contributed by atoms with Crippen LogP contribution in [0.5, 0.6) is 0 Å². The lowest BCUT2D eigenvalue weighted by molar-refractivity contribution is 0.0951. The number of benzene rings is 1. The first-order chi connectivity index (χ1) is 7.27. The van der Waals surface area contributed by atoms with Crippen LogP contribution in [0, 0.1) is 17.8 Å². The summed E-state index contributed by atoms with van der Waals surface area (Å²) in [5.74, 6) is 2.01. The fourth-order valence-electron chi connectivity index (χ4n) is 3.04. The molecule has 2 atom stereocenters. The standard InChI is InChI=1S/C13H13ClO/c14-9-4-1-3-8(7-9)13(15)12-10-5-2-6-11(10)12/h1,3-4,7,10-12H,2,5-6H2. The molecule has 0 aromatic heterocycles. The predicted octanol–water partition coefficient (Wildman–Crippen LogP) is 3.57. The summed E-state index contributed by atoms with van der Waals surface area (Å²) in [6.07, 6.45) is 3.82. The molecule has 1 aromatic rings. The first-order valence-corrected chi connectivity index (χ1v) is 5.95. The zero-order valence-corrected chi connectivity index (χ0v) is 9.20. The topological polar surface area (TPSA) is 17.1 Å². The highest BCUT2D eigenvalue weighted by molar-refractivity contribution is 6.31. The van der Waals surface area contributed by atoms with Gasteiger partial charge in [0.1, 0.15) is 0 Å². The molecule has 0 bridgehead atoms. The molecule has 2 fully saturated rings. The second-order valence-corrected chi connectivity index (χ2v) is 5.10. The van der Waals surface area contributed by atoms with Gasteiger partial charge in [-0.05, 0) is 36.8 Å². The number of halogens is 1. The van der Waals surface area contributed by atoms with Crippen molar-refractivity contribution in [3.63, 3.8) is 0 Å². The maximum atomic E-state index is 12.1. The highest BCUT2D eigenvalue weighted by Crippen LogP contribution is 2.58. The molecule has 2 heteroatoms. The van der Waals surface area contributed by atoms with E-state index in [4.69, 9.17) is 11.6 Å². The molecule has 2 aliphatic carbocycles. The van der Waals surface area contributed by atoms with E-state index in [2.05, 4.69) is 0 Å². The summed E-state index contributed by atoms with van der Waals surface area (Å²) < 4.78 is 0. The number of hydrogen-bond acceptors (Lipinski definition) is 1. The smallest absolute Gasteiger partial charge is 0.166 e. The van der Waals surface area contributed by atoms with Crippen LogP contribution < -0.4 is 0 Å². The second-order valence-electron chi connectivity index (χ2n) is 4.66. The summed E-state index contributed by atoms with van der Waals surface area (Å²) in [5.41, 5.74) is 0.793. The van der Waals surface area contributed by atoms with Crippen molar-refractivity contribution in [2.24, 2.45) is 17.8 Å². The minimum absolute atomic E-state index is 0.312. The normalized spacial score (nSPS) is 32.5. The van der Waals surface area contributed by atoms with Gasteiger partial charge >= 0.3 is 0 Å². The summed E-state index contributed by atoms with van der Waals surface area (Å²) in [5, 5.41) is 0.659. The van der Waals surface area contributed by atoms with Crippen molar-refractivity contribution < 1.29 is 4.79 Å². The third kappa shape index (κ3) is 1.50. The second kappa shape index (κ2) is 3.34. The molecule has 0 saturated heterocycles. The molecule has 78 valence electrons. The average Bonchev–Trinajstić information content (AvgIpc) is 2.70. The average molecular weight is 221 g/mol. The number of rotatable bonds is 2. The van der Waals surface area contributed by atoms with E-state index < -0.39 is 0 Å². The van der Waals surface area contributed by atoms with Gasteiger partial charge in [0.15, 0.2) is 5.78 Å². The number of carbonyl (C=O) groups excluding carboxylic acids is 1. The Morgan fingerprint density at radius 3 is 2.67 bits per heavy atom. The highest BCUT2D eigenvalue weighted by atomic mass is 35.5. The van der Waals surface area contributed by atoms with E-state index >= 15 is 0 Å². The molecule has 0 aliphatic heterocycles. The van der Waals surface area contributed by atoms with Crippen LogP contribution in [-0.4, -0.2) is 5.78 Å². The largest absolute Gasteiger partial charge is 0.294 e. The third-order valence-corrected chi connectivity index (χ3v) is 4.05. The molecule has 2 aliphatic rings.